The number of fused-ring (bicyclic) bond motifs is 1. The number of carbonyl (C=O) groups is 2. The Morgan fingerprint density at radius 3 is 2.72 bits per heavy atom. The van der Waals surface area contributed by atoms with E-state index in [0.717, 1.165) is 15.9 Å². The lowest BCUT2D eigenvalue weighted by Gasteiger charge is -2.12. The van der Waals surface area contributed by atoms with Gasteiger partial charge in [0.15, 0.2) is 9.53 Å². The monoisotopic (exact) mass is 509 g/mol. The van der Waals surface area contributed by atoms with Gasteiger partial charge in [-0.2, -0.15) is 4.57 Å². The van der Waals surface area contributed by atoms with Crippen molar-refractivity contribution in [3.63, 3.8) is 0 Å². The summed E-state index contributed by atoms with van der Waals surface area (Å²) < 4.78 is 8.39. The zero-order valence-electron chi connectivity index (χ0n) is 15.9. The van der Waals surface area contributed by atoms with Gasteiger partial charge in [-0.3, -0.25) is 9.36 Å². The van der Waals surface area contributed by atoms with Gasteiger partial charge in [-0.1, -0.05) is 29.8 Å². The Hall–Kier alpha value is -3.05. The molecule has 4 rings (SSSR count). The van der Waals surface area contributed by atoms with Gasteiger partial charge in [0, 0.05) is 6.07 Å². The van der Waals surface area contributed by atoms with Crippen LogP contribution >= 0.6 is 35.2 Å². The minimum absolute atomic E-state index is 0. The summed E-state index contributed by atoms with van der Waals surface area (Å²) in [6.45, 7) is -0.507. The molecule has 1 aliphatic rings. The summed E-state index contributed by atoms with van der Waals surface area (Å²) in [6, 6.07) is 11.8. The average molecular weight is 510 g/mol. The highest BCUT2D eigenvalue weighted by molar-refractivity contribution is 7.73. The van der Waals surface area contributed by atoms with E-state index in [1.165, 1.54) is 10.6 Å². The number of nitrogens with zero attached hydrogens (tertiary/aromatic N) is 3. The number of aromatic hydroxyl groups is 1. The molecule has 0 bridgehead atoms. The maximum Gasteiger partial charge on any atom is 0.354 e. The van der Waals surface area contributed by atoms with Gasteiger partial charge in [0.25, 0.3) is 0 Å². The second-order valence-corrected chi connectivity index (χ2v) is 8.36. The van der Waals surface area contributed by atoms with Crippen molar-refractivity contribution in [3.8, 4) is 11.6 Å². The number of carbonyl (C=O) groups excluding carboxylic acids is 1. The van der Waals surface area contributed by atoms with Crippen LogP contribution in [0.5, 0.6) is 11.6 Å². The molecule has 32 heavy (non-hydrogen) atoms. The van der Waals surface area contributed by atoms with E-state index < -0.39 is 18.4 Å². The van der Waals surface area contributed by atoms with E-state index in [9.17, 15) is 14.7 Å². The molecule has 0 unspecified atom stereocenters. The lowest BCUT2D eigenvalue weighted by atomic mass is 10.1. The molecule has 0 saturated carbocycles. The first-order valence-electron chi connectivity index (χ1n) is 8.78. The molecule has 3 heterocycles. The first-order valence-corrected chi connectivity index (χ1v) is 10.4. The molecular weight excluding hydrogens is 497 g/mol. The Labute approximate surface area is 201 Å². The summed E-state index contributed by atoms with van der Waals surface area (Å²) >= 11 is 12.3. The van der Waals surface area contributed by atoms with E-state index in [2.05, 4.69) is 4.99 Å². The van der Waals surface area contributed by atoms with E-state index in [4.69, 9.17) is 33.7 Å². The van der Waals surface area contributed by atoms with Crippen LogP contribution in [0.25, 0.3) is 6.08 Å². The van der Waals surface area contributed by atoms with Crippen LogP contribution in [-0.4, -0.2) is 32.6 Å². The van der Waals surface area contributed by atoms with E-state index in [0.29, 0.717) is 16.6 Å². The summed E-state index contributed by atoms with van der Waals surface area (Å²) in [6.07, 6.45) is 2.92. The van der Waals surface area contributed by atoms with Crippen LogP contribution in [0.1, 0.15) is 9.67 Å². The lowest BCUT2D eigenvalue weighted by Crippen LogP contribution is -3.00. The number of para-hydroxylation sites is 1. The number of benzene rings is 1. The van der Waals surface area contributed by atoms with Crippen LogP contribution in [0.3, 0.4) is 0 Å². The predicted molar refractivity (Wildman–Crippen MR) is 117 cm³/mol. The third kappa shape index (κ3) is 4.58. The fraction of sp³-hybridized carbons (Fsp3) is 0.0500. The van der Waals surface area contributed by atoms with Crippen LogP contribution < -0.4 is 21.7 Å². The summed E-state index contributed by atoms with van der Waals surface area (Å²) in [5, 5.41) is 19.8. The summed E-state index contributed by atoms with van der Waals surface area (Å²) in [4.78, 5) is 28.9. The molecule has 1 aromatic carbocycles. The molecule has 0 aliphatic carbocycles. The maximum atomic E-state index is 13.2. The molecule has 1 aliphatic heterocycles. The third-order valence-electron chi connectivity index (χ3n) is 4.24. The fourth-order valence-electron chi connectivity index (χ4n) is 2.83. The van der Waals surface area contributed by atoms with Crippen molar-refractivity contribution < 1.29 is 41.5 Å². The van der Waals surface area contributed by atoms with Gasteiger partial charge in [-0.15, -0.1) is 11.3 Å². The first kappa shape index (κ1) is 23.6. The molecule has 2 N–H and O–H groups in total. The van der Waals surface area contributed by atoms with Crippen LogP contribution in [0.15, 0.2) is 59.2 Å². The number of carboxylic acid groups (broad SMARTS) is 1. The molecule has 0 atom stereocenters. The average Bonchev–Trinajstić information content (AvgIpc) is 2.99. The highest BCUT2D eigenvalue weighted by Crippen LogP contribution is 2.31. The molecule has 8 nitrogen and oxygen atoms in total. The van der Waals surface area contributed by atoms with Crippen molar-refractivity contribution >= 4 is 64.8 Å². The second kappa shape index (κ2) is 9.61. The van der Waals surface area contributed by atoms with Crippen molar-refractivity contribution in [2.75, 3.05) is 0 Å². The fourth-order valence-corrected chi connectivity index (χ4v) is 4.25. The number of aliphatic carboxylic acids is 1. The molecule has 2 aromatic heterocycles. The molecule has 0 spiro atoms. The Bertz CT molecular complexity index is 1350. The summed E-state index contributed by atoms with van der Waals surface area (Å²) in [7, 11) is 0. The van der Waals surface area contributed by atoms with Crippen molar-refractivity contribution in [2.45, 2.75) is 6.54 Å². The van der Waals surface area contributed by atoms with Crippen molar-refractivity contribution in [1.82, 2.24) is 4.57 Å². The number of halogens is 2. The van der Waals surface area contributed by atoms with Crippen molar-refractivity contribution in [1.29, 1.82) is 0 Å². The molecule has 3 aromatic rings. The summed E-state index contributed by atoms with van der Waals surface area (Å²) in [5.41, 5.74) is 0.0395. The number of aromatic nitrogens is 2. The molecule has 0 radical (unpaired) electrons. The molecular formula is C20H13Cl2N3O5S2. The smallest absolute Gasteiger partial charge is 0.354 e. The zero-order valence-corrected chi connectivity index (χ0v) is 19.1. The molecule has 0 amide bonds. The van der Waals surface area contributed by atoms with E-state index in [1.807, 2.05) is 0 Å². The van der Waals surface area contributed by atoms with Crippen LogP contribution in [0.2, 0.25) is 5.02 Å². The number of aliphatic imine (C=N–C) groups is 1. The molecule has 164 valence electrons. The standard InChI is InChI=1S/C20H12ClN3O5S2.ClH/c21-12-5-1-2-6-13(12)29-17-11(18(27)23-8-4-3-7-15(23)22-17)9-14-19(28)24(10-16(25)26)20(30)31-14;/h1-9H,10H2,(H,25,26);1H. The number of carboxylic acids is 1. The van der Waals surface area contributed by atoms with E-state index in [1.54, 1.807) is 48.7 Å². The highest BCUT2D eigenvalue weighted by Gasteiger charge is 2.36. The molecule has 12 heteroatoms. The minimum Gasteiger partial charge on any atom is -1.00 e. The van der Waals surface area contributed by atoms with Gasteiger partial charge >= 0.3 is 23.6 Å². The number of thiazole rings is 1. The Kier molecular flexibility index (Phi) is 7.09. The summed E-state index contributed by atoms with van der Waals surface area (Å²) in [5.74, 6) is -1.34. The third-order valence-corrected chi connectivity index (χ3v) is 5.94. The first-order chi connectivity index (χ1) is 14.8. The number of hydrogen-bond donors (Lipinski definition) is 2. The van der Waals surface area contributed by atoms with Crippen LogP contribution in [0, 0.1) is 3.95 Å². The van der Waals surface area contributed by atoms with E-state index >= 15 is 0 Å². The van der Waals surface area contributed by atoms with E-state index in [-0.39, 0.29) is 38.6 Å². The number of rotatable bonds is 4. The van der Waals surface area contributed by atoms with Gasteiger partial charge < -0.3 is 27.4 Å². The number of pyridine rings is 1. The maximum absolute atomic E-state index is 13.2. The topological polar surface area (TPSA) is 105 Å². The SMILES string of the molecule is O=C(O)Cn1c(O)c(/C=C2/C(=O)[n+]3ccccc3N=C2Oc2ccccc2Cl)sc1=S.[Cl-]. The van der Waals surface area contributed by atoms with Gasteiger partial charge in [-0.25, -0.2) is 4.79 Å². The van der Waals surface area contributed by atoms with Gasteiger partial charge in [0.1, 0.15) is 12.3 Å². The number of hydrogen-bond acceptors (Lipinski definition) is 7. The Morgan fingerprint density at radius 1 is 1.28 bits per heavy atom. The van der Waals surface area contributed by atoms with Crippen molar-refractivity contribution in [2.24, 2.45) is 4.99 Å². The highest BCUT2D eigenvalue weighted by atomic mass is 35.5. The van der Waals surface area contributed by atoms with Crippen LogP contribution in [0.4, 0.5) is 5.82 Å². The normalized spacial score (nSPS) is 13.8. The molecule has 0 fully saturated rings. The Morgan fingerprint density at radius 2 is 2.00 bits per heavy atom. The Balaban J connectivity index is 0.00000289. The van der Waals surface area contributed by atoms with Crippen LogP contribution in [-0.2, 0) is 11.3 Å². The molecule has 0 saturated heterocycles. The minimum atomic E-state index is -1.16. The van der Waals surface area contributed by atoms with Gasteiger partial charge in [0.2, 0.25) is 5.88 Å². The number of ether oxygens (including phenoxy) is 1. The predicted octanol–water partition coefficient (Wildman–Crippen LogP) is 0.861. The lowest BCUT2D eigenvalue weighted by molar-refractivity contribution is -0.557. The largest absolute Gasteiger partial charge is 1.00 e. The van der Waals surface area contributed by atoms with Gasteiger partial charge in [0.05, 0.1) is 16.1 Å². The van der Waals surface area contributed by atoms with Crippen molar-refractivity contribution in [3.05, 3.63) is 68.1 Å². The quantitative estimate of drug-likeness (QED) is 0.307. The second-order valence-electron chi connectivity index (χ2n) is 6.28. The zero-order chi connectivity index (χ0) is 22.1. The van der Waals surface area contributed by atoms with Gasteiger partial charge in [-0.05, 0) is 41.5 Å².